The van der Waals surface area contributed by atoms with E-state index < -0.39 is 5.97 Å². The number of rotatable bonds is 6. The van der Waals surface area contributed by atoms with Crippen LogP contribution in [0.5, 0.6) is 0 Å². The standard InChI is InChI=1S/C28H46O3/c1-18(20(3)28(29,30)31)9-10-19(2)23-13-14-24-22-12-11-21-8-6-7-16-26(21,4)25(22)15-17-27(23,24)5/h19,21-25,29-31H,1,3,6-17H2,2,4-5H3/t19?,21?,22-,23+,24-,25-,26-,27+/m0/s1. The van der Waals surface area contributed by atoms with Gasteiger partial charge in [-0.2, -0.15) is 0 Å². The van der Waals surface area contributed by atoms with Crippen LogP contribution in [0.3, 0.4) is 0 Å². The van der Waals surface area contributed by atoms with E-state index in [0.717, 1.165) is 36.0 Å². The van der Waals surface area contributed by atoms with Gasteiger partial charge in [0.25, 0.3) is 0 Å². The van der Waals surface area contributed by atoms with Gasteiger partial charge in [0.05, 0.1) is 0 Å². The number of fused-ring (bicyclic) bond motifs is 5. The van der Waals surface area contributed by atoms with Gasteiger partial charge in [-0.15, -0.1) is 0 Å². The second kappa shape index (κ2) is 8.29. The van der Waals surface area contributed by atoms with Crippen molar-refractivity contribution in [3.63, 3.8) is 0 Å². The fourth-order valence-corrected chi connectivity index (χ4v) is 9.26. The van der Waals surface area contributed by atoms with E-state index >= 15 is 0 Å². The third-order valence-corrected chi connectivity index (χ3v) is 11.1. The van der Waals surface area contributed by atoms with Crippen molar-refractivity contribution in [2.75, 3.05) is 0 Å². The maximum atomic E-state index is 9.39. The molecular formula is C28H46O3. The van der Waals surface area contributed by atoms with E-state index in [9.17, 15) is 15.3 Å². The van der Waals surface area contributed by atoms with Crippen LogP contribution in [0.2, 0.25) is 0 Å². The molecule has 0 aromatic heterocycles. The Morgan fingerprint density at radius 1 is 0.903 bits per heavy atom. The Kier molecular flexibility index (Phi) is 6.29. The molecule has 0 spiro atoms. The average molecular weight is 431 g/mol. The molecular weight excluding hydrogens is 384 g/mol. The lowest BCUT2D eigenvalue weighted by molar-refractivity contribution is -0.280. The summed E-state index contributed by atoms with van der Waals surface area (Å²) in [6.07, 6.45) is 16.0. The number of hydrogen-bond acceptors (Lipinski definition) is 3. The van der Waals surface area contributed by atoms with E-state index in [1.54, 1.807) is 0 Å². The number of hydrogen-bond donors (Lipinski definition) is 3. The van der Waals surface area contributed by atoms with E-state index in [-0.39, 0.29) is 5.57 Å². The smallest absolute Gasteiger partial charge is 0.304 e. The fraction of sp³-hybridized carbons (Fsp3) is 0.857. The van der Waals surface area contributed by atoms with Crippen molar-refractivity contribution in [3.05, 3.63) is 24.3 Å². The van der Waals surface area contributed by atoms with Crippen molar-refractivity contribution in [1.29, 1.82) is 0 Å². The van der Waals surface area contributed by atoms with Gasteiger partial charge in [0, 0.05) is 5.57 Å². The molecule has 31 heavy (non-hydrogen) atoms. The van der Waals surface area contributed by atoms with Gasteiger partial charge in [0.15, 0.2) is 0 Å². The van der Waals surface area contributed by atoms with Crippen LogP contribution in [0.4, 0.5) is 0 Å². The van der Waals surface area contributed by atoms with E-state index in [4.69, 9.17) is 0 Å². The lowest BCUT2D eigenvalue weighted by Crippen LogP contribution is -2.53. The zero-order valence-electron chi connectivity index (χ0n) is 20.2. The van der Waals surface area contributed by atoms with Crippen LogP contribution in [-0.2, 0) is 0 Å². The van der Waals surface area contributed by atoms with E-state index in [1.807, 2.05) is 0 Å². The molecule has 4 rings (SSSR count). The predicted octanol–water partition coefficient (Wildman–Crippen LogP) is 6.19. The molecule has 0 bridgehead atoms. The highest BCUT2D eigenvalue weighted by Gasteiger charge is 2.60. The zero-order valence-corrected chi connectivity index (χ0v) is 20.2. The highest BCUT2D eigenvalue weighted by Crippen LogP contribution is 2.68. The summed E-state index contributed by atoms with van der Waals surface area (Å²) in [5.74, 6) is 2.21. The van der Waals surface area contributed by atoms with E-state index in [0.29, 0.717) is 28.7 Å². The van der Waals surface area contributed by atoms with Crippen molar-refractivity contribution in [3.8, 4) is 0 Å². The Labute approximate surface area is 190 Å². The van der Waals surface area contributed by atoms with E-state index in [1.165, 1.54) is 64.2 Å². The molecule has 8 atom stereocenters. The van der Waals surface area contributed by atoms with Gasteiger partial charge in [-0.25, -0.2) is 0 Å². The zero-order chi connectivity index (χ0) is 22.6. The van der Waals surface area contributed by atoms with Crippen molar-refractivity contribution < 1.29 is 15.3 Å². The third kappa shape index (κ3) is 3.97. The highest BCUT2D eigenvalue weighted by atomic mass is 16.7. The summed E-state index contributed by atoms with van der Waals surface area (Å²) in [5.41, 5.74) is 1.53. The third-order valence-electron chi connectivity index (χ3n) is 11.1. The van der Waals surface area contributed by atoms with Crippen LogP contribution < -0.4 is 0 Å². The van der Waals surface area contributed by atoms with Gasteiger partial charge < -0.3 is 15.3 Å². The molecule has 176 valence electrons. The van der Waals surface area contributed by atoms with Gasteiger partial charge in [0.2, 0.25) is 0 Å². The molecule has 0 aliphatic heterocycles. The fourth-order valence-electron chi connectivity index (χ4n) is 9.26. The second-order valence-corrected chi connectivity index (χ2v) is 12.4. The summed E-state index contributed by atoms with van der Waals surface area (Å²) >= 11 is 0. The maximum Gasteiger partial charge on any atom is 0.304 e. The molecule has 3 nitrogen and oxygen atoms in total. The van der Waals surface area contributed by atoms with Crippen molar-refractivity contribution >= 4 is 0 Å². The molecule has 4 fully saturated rings. The van der Waals surface area contributed by atoms with Gasteiger partial charge >= 0.3 is 5.97 Å². The van der Waals surface area contributed by atoms with E-state index in [2.05, 4.69) is 33.9 Å². The predicted molar refractivity (Wildman–Crippen MR) is 126 cm³/mol. The van der Waals surface area contributed by atoms with Crippen molar-refractivity contribution in [2.24, 2.45) is 46.3 Å². The minimum Gasteiger partial charge on any atom is -0.340 e. The molecule has 0 heterocycles. The normalized spacial score (nSPS) is 43.5. The summed E-state index contributed by atoms with van der Waals surface area (Å²) in [7, 11) is 0. The molecule has 0 saturated heterocycles. The molecule has 3 heteroatoms. The maximum absolute atomic E-state index is 9.39. The summed E-state index contributed by atoms with van der Waals surface area (Å²) < 4.78 is 0. The first-order chi connectivity index (χ1) is 14.5. The average Bonchev–Trinajstić information content (AvgIpc) is 3.07. The Bertz CT molecular complexity index is 706. The first kappa shape index (κ1) is 23.5. The Hall–Kier alpha value is -0.640. The van der Waals surface area contributed by atoms with Crippen molar-refractivity contribution in [2.45, 2.75) is 104 Å². The monoisotopic (exact) mass is 430 g/mol. The molecule has 4 aliphatic carbocycles. The lowest BCUT2D eigenvalue weighted by atomic mass is 9.44. The SMILES string of the molecule is C=C(CCC(C)[C@H]1CC[C@H]2[C@@H]3CCC4CCCC[C@]4(C)[C@H]3CC[C@]12C)C(=C)C(O)(O)O. The van der Waals surface area contributed by atoms with Crippen LogP contribution in [0.15, 0.2) is 24.3 Å². The highest BCUT2D eigenvalue weighted by molar-refractivity contribution is 5.28. The molecule has 0 amide bonds. The summed E-state index contributed by atoms with van der Waals surface area (Å²) in [5, 5.41) is 28.2. The van der Waals surface area contributed by atoms with Gasteiger partial charge in [0.1, 0.15) is 0 Å². The second-order valence-electron chi connectivity index (χ2n) is 12.4. The topological polar surface area (TPSA) is 60.7 Å². The van der Waals surface area contributed by atoms with Crippen LogP contribution in [0, 0.1) is 46.3 Å². The van der Waals surface area contributed by atoms with Crippen LogP contribution in [0.1, 0.15) is 97.8 Å². The quantitative estimate of drug-likeness (QED) is 0.347. The molecule has 0 radical (unpaired) electrons. The Balaban J connectivity index is 1.43. The largest absolute Gasteiger partial charge is 0.340 e. The molecule has 4 saturated carbocycles. The summed E-state index contributed by atoms with van der Waals surface area (Å²) in [6, 6.07) is 0. The first-order valence-corrected chi connectivity index (χ1v) is 13.0. The minimum atomic E-state index is -2.85. The van der Waals surface area contributed by atoms with Crippen LogP contribution in [-0.4, -0.2) is 21.3 Å². The van der Waals surface area contributed by atoms with Gasteiger partial charge in [-0.3, -0.25) is 0 Å². The lowest BCUT2D eigenvalue weighted by Gasteiger charge is -2.61. The first-order valence-electron chi connectivity index (χ1n) is 13.0. The Morgan fingerprint density at radius 2 is 1.61 bits per heavy atom. The number of aliphatic hydroxyl groups is 3. The van der Waals surface area contributed by atoms with Crippen molar-refractivity contribution in [1.82, 2.24) is 0 Å². The summed E-state index contributed by atoms with van der Waals surface area (Å²) in [6.45, 7) is 15.2. The van der Waals surface area contributed by atoms with Gasteiger partial charge in [-0.1, -0.05) is 46.8 Å². The minimum absolute atomic E-state index is 0.0757. The molecule has 4 aliphatic rings. The molecule has 0 aromatic carbocycles. The summed E-state index contributed by atoms with van der Waals surface area (Å²) in [4.78, 5) is 0. The van der Waals surface area contributed by atoms with Crippen LogP contribution in [0.25, 0.3) is 0 Å². The molecule has 2 unspecified atom stereocenters. The Morgan fingerprint density at radius 3 is 2.32 bits per heavy atom. The molecule has 3 N–H and O–H groups in total. The molecule has 0 aromatic rings. The van der Waals surface area contributed by atoms with Crippen LogP contribution >= 0.6 is 0 Å². The van der Waals surface area contributed by atoms with Gasteiger partial charge in [-0.05, 0) is 116 Å².